The number of rotatable bonds is 6. The average molecular weight is 626 g/mol. The quantitative estimate of drug-likeness (QED) is 0.184. The van der Waals surface area contributed by atoms with Gasteiger partial charge in [-0.15, -0.1) is 0 Å². The Balaban J connectivity index is 1.24. The maximum absolute atomic E-state index is 5.21. The molecule has 0 N–H and O–H groups in total. The van der Waals surface area contributed by atoms with Crippen molar-refractivity contribution in [2.75, 3.05) is 0 Å². The van der Waals surface area contributed by atoms with E-state index in [1.807, 2.05) is 12.1 Å². The SMILES string of the molecule is c1ccc(-c2ccc(-c3nc(-c4ccccc4)cc(-c4ccc(-n5c6ccccc6c6ccccc65)c(-c5ccccc5)c4)n3)cc2)cc1. The third-order valence-corrected chi connectivity index (χ3v) is 9.24. The summed E-state index contributed by atoms with van der Waals surface area (Å²) in [5.74, 6) is 0.698. The first kappa shape index (κ1) is 28.6. The van der Waals surface area contributed by atoms with Crippen molar-refractivity contribution in [3.05, 3.63) is 188 Å². The number of benzene rings is 7. The number of aromatic nitrogens is 3. The summed E-state index contributed by atoms with van der Waals surface area (Å²) in [6.45, 7) is 0. The Morgan fingerprint density at radius 3 is 1.39 bits per heavy atom. The van der Waals surface area contributed by atoms with Crippen LogP contribution < -0.4 is 0 Å². The molecule has 9 aromatic rings. The van der Waals surface area contributed by atoms with E-state index < -0.39 is 0 Å². The van der Waals surface area contributed by atoms with Crippen molar-refractivity contribution >= 4 is 21.8 Å². The molecule has 0 aliphatic rings. The molecule has 9 rings (SSSR count). The van der Waals surface area contributed by atoms with Gasteiger partial charge in [0, 0.05) is 33.0 Å². The number of hydrogen-bond donors (Lipinski definition) is 0. The first-order valence-electron chi connectivity index (χ1n) is 16.6. The smallest absolute Gasteiger partial charge is 0.160 e. The summed E-state index contributed by atoms with van der Waals surface area (Å²) >= 11 is 0. The third-order valence-electron chi connectivity index (χ3n) is 9.24. The first-order chi connectivity index (χ1) is 24.3. The molecule has 3 nitrogen and oxygen atoms in total. The fourth-order valence-electron chi connectivity index (χ4n) is 6.84. The highest BCUT2D eigenvalue weighted by Gasteiger charge is 2.18. The molecule has 0 unspecified atom stereocenters. The van der Waals surface area contributed by atoms with Crippen molar-refractivity contribution in [2.45, 2.75) is 0 Å². The zero-order valence-corrected chi connectivity index (χ0v) is 26.7. The van der Waals surface area contributed by atoms with Gasteiger partial charge in [0.25, 0.3) is 0 Å². The van der Waals surface area contributed by atoms with E-state index in [-0.39, 0.29) is 0 Å². The molecule has 0 atom stereocenters. The summed E-state index contributed by atoms with van der Waals surface area (Å²) < 4.78 is 2.39. The van der Waals surface area contributed by atoms with Gasteiger partial charge in [0.2, 0.25) is 0 Å². The lowest BCUT2D eigenvalue weighted by Gasteiger charge is -2.16. The normalized spacial score (nSPS) is 11.3. The lowest BCUT2D eigenvalue weighted by atomic mass is 9.98. The van der Waals surface area contributed by atoms with Gasteiger partial charge >= 0.3 is 0 Å². The Labute approximate surface area is 285 Å². The molecule has 0 radical (unpaired) electrons. The molecule has 0 amide bonds. The highest BCUT2D eigenvalue weighted by atomic mass is 15.0. The Morgan fingerprint density at radius 1 is 0.327 bits per heavy atom. The van der Waals surface area contributed by atoms with Gasteiger partial charge in [-0.3, -0.25) is 0 Å². The van der Waals surface area contributed by atoms with Gasteiger partial charge in [-0.1, -0.05) is 158 Å². The lowest BCUT2D eigenvalue weighted by Crippen LogP contribution is -1.99. The van der Waals surface area contributed by atoms with E-state index in [0.717, 1.165) is 50.5 Å². The van der Waals surface area contributed by atoms with E-state index >= 15 is 0 Å². The summed E-state index contributed by atoms with van der Waals surface area (Å²) in [7, 11) is 0. The van der Waals surface area contributed by atoms with Crippen molar-refractivity contribution in [1.82, 2.24) is 14.5 Å². The number of hydrogen-bond acceptors (Lipinski definition) is 2. The molecule has 3 heteroatoms. The van der Waals surface area contributed by atoms with Crippen molar-refractivity contribution < 1.29 is 0 Å². The predicted molar refractivity (Wildman–Crippen MR) is 204 cm³/mol. The molecule has 0 saturated heterocycles. The minimum atomic E-state index is 0.698. The molecule has 0 saturated carbocycles. The Bertz CT molecular complexity index is 2520. The van der Waals surface area contributed by atoms with E-state index in [1.54, 1.807) is 0 Å². The van der Waals surface area contributed by atoms with Gasteiger partial charge in [-0.05, 0) is 47.0 Å². The minimum Gasteiger partial charge on any atom is -0.309 e. The topological polar surface area (TPSA) is 30.7 Å². The van der Waals surface area contributed by atoms with Crippen LogP contribution in [0.25, 0.3) is 83.6 Å². The van der Waals surface area contributed by atoms with Crippen LogP contribution in [-0.4, -0.2) is 14.5 Å². The van der Waals surface area contributed by atoms with Crippen LogP contribution in [0.5, 0.6) is 0 Å². The molecule has 0 fully saturated rings. The van der Waals surface area contributed by atoms with Crippen LogP contribution in [0.1, 0.15) is 0 Å². The van der Waals surface area contributed by atoms with Crippen molar-refractivity contribution in [3.63, 3.8) is 0 Å². The van der Waals surface area contributed by atoms with Gasteiger partial charge in [0.1, 0.15) is 0 Å². The van der Waals surface area contributed by atoms with Crippen LogP contribution >= 0.6 is 0 Å². The second kappa shape index (κ2) is 12.2. The monoisotopic (exact) mass is 625 g/mol. The Hall–Kier alpha value is -6.58. The Morgan fingerprint density at radius 2 is 0.776 bits per heavy atom. The largest absolute Gasteiger partial charge is 0.309 e. The predicted octanol–water partition coefficient (Wildman–Crippen LogP) is 11.9. The van der Waals surface area contributed by atoms with Gasteiger partial charge in [-0.25, -0.2) is 9.97 Å². The van der Waals surface area contributed by atoms with E-state index in [2.05, 4.69) is 180 Å². The maximum atomic E-state index is 5.21. The average Bonchev–Trinajstić information content (AvgIpc) is 3.53. The summed E-state index contributed by atoms with van der Waals surface area (Å²) in [6, 6.07) is 66.2. The molecular weight excluding hydrogens is 595 g/mol. The minimum absolute atomic E-state index is 0.698. The van der Waals surface area contributed by atoms with Gasteiger partial charge < -0.3 is 4.57 Å². The highest BCUT2D eigenvalue weighted by Crippen LogP contribution is 2.38. The van der Waals surface area contributed by atoms with Gasteiger partial charge in [0.15, 0.2) is 5.82 Å². The van der Waals surface area contributed by atoms with E-state index in [1.165, 1.54) is 27.4 Å². The van der Waals surface area contributed by atoms with Gasteiger partial charge in [0.05, 0.1) is 28.1 Å². The van der Waals surface area contributed by atoms with Crippen LogP contribution in [0.4, 0.5) is 0 Å². The molecule has 0 bridgehead atoms. The fraction of sp³-hybridized carbons (Fsp3) is 0. The maximum Gasteiger partial charge on any atom is 0.160 e. The molecule has 7 aromatic carbocycles. The van der Waals surface area contributed by atoms with Crippen LogP contribution in [-0.2, 0) is 0 Å². The van der Waals surface area contributed by atoms with Crippen molar-refractivity contribution in [2.24, 2.45) is 0 Å². The zero-order valence-electron chi connectivity index (χ0n) is 26.7. The number of nitrogens with zero attached hydrogens (tertiary/aromatic N) is 3. The third kappa shape index (κ3) is 5.28. The summed E-state index contributed by atoms with van der Waals surface area (Å²) in [4.78, 5) is 10.3. The molecule has 2 heterocycles. The first-order valence-corrected chi connectivity index (χ1v) is 16.6. The molecule has 0 aliphatic carbocycles. The van der Waals surface area contributed by atoms with Crippen LogP contribution in [0.15, 0.2) is 188 Å². The van der Waals surface area contributed by atoms with E-state index in [0.29, 0.717) is 5.82 Å². The van der Waals surface area contributed by atoms with Crippen LogP contribution in [0.3, 0.4) is 0 Å². The standard InChI is InChI=1S/C46H31N3/c1-4-14-32(15-5-1)33-24-26-36(27-25-33)46-47-41(35-18-8-3-9-19-35)31-42(48-46)37-28-29-45(40(30-37)34-16-6-2-7-17-34)49-43-22-12-10-20-38(43)39-21-11-13-23-44(39)49/h1-31H. The summed E-state index contributed by atoms with van der Waals surface area (Å²) in [6.07, 6.45) is 0. The lowest BCUT2D eigenvalue weighted by molar-refractivity contribution is 1.17. The molecule has 230 valence electrons. The second-order valence-corrected chi connectivity index (χ2v) is 12.2. The second-order valence-electron chi connectivity index (χ2n) is 12.2. The van der Waals surface area contributed by atoms with Crippen LogP contribution in [0.2, 0.25) is 0 Å². The molecule has 0 aliphatic heterocycles. The molecular formula is C46H31N3. The zero-order chi connectivity index (χ0) is 32.6. The molecule has 2 aromatic heterocycles. The molecule has 49 heavy (non-hydrogen) atoms. The van der Waals surface area contributed by atoms with Crippen LogP contribution in [0, 0.1) is 0 Å². The number of para-hydroxylation sites is 2. The van der Waals surface area contributed by atoms with E-state index in [4.69, 9.17) is 9.97 Å². The molecule has 0 spiro atoms. The van der Waals surface area contributed by atoms with E-state index in [9.17, 15) is 0 Å². The van der Waals surface area contributed by atoms with Crippen molar-refractivity contribution in [1.29, 1.82) is 0 Å². The van der Waals surface area contributed by atoms with Crippen molar-refractivity contribution in [3.8, 4) is 61.8 Å². The highest BCUT2D eigenvalue weighted by molar-refractivity contribution is 6.09. The Kier molecular flexibility index (Phi) is 7.14. The summed E-state index contributed by atoms with van der Waals surface area (Å²) in [5, 5.41) is 2.49. The number of fused-ring (bicyclic) bond motifs is 3. The fourth-order valence-corrected chi connectivity index (χ4v) is 6.84. The summed E-state index contributed by atoms with van der Waals surface area (Å²) in [5.41, 5.74) is 13.0. The van der Waals surface area contributed by atoms with Gasteiger partial charge in [-0.2, -0.15) is 0 Å².